The van der Waals surface area contributed by atoms with Crippen LogP contribution in [0.5, 0.6) is 0 Å². The lowest BCUT2D eigenvalue weighted by atomic mass is 10.1. The van der Waals surface area contributed by atoms with E-state index in [1.165, 1.54) is 0 Å². The number of aryl methyl sites for hydroxylation is 1. The van der Waals surface area contributed by atoms with E-state index in [0.717, 1.165) is 48.0 Å². The number of amides is 2. The minimum atomic E-state index is 0.104. The Labute approximate surface area is 153 Å². The summed E-state index contributed by atoms with van der Waals surface area (Å²) >= 11 is 0. The van der Waals surface area contributed by atoms with Gasteiger partial charge in [-0.2, -0.15) is 0 Å². The first-order chi connectivity index (χ1) is 12.6. The molecule has 1 aliphatic carbocycles. The van der Waals surface area contributed by atoms with Crippen LogP contribution in [0.4, 0.5) is 0 Å². The van der Waals surface area contributed by atoms with Gasteiger partial charge in [-0.05, 0) is 31.4 Å². The number of furan rings is 1. The van der Waals surface area contributed by atoms with Gasteiger partial charge in [0.1, 0.15) is 5.58 Å². The molecule has 26 heavy (non-hydrogen) atoms. The third kappa shape index (κ3) is 3.90. The van der Waals surface area contributed by atoms with Crippen molar-refractivity contribution in [2.75, 3.05) is 32.7 Å². The Balaban J connectivity index is 1.29. The number of benzene rings is 1. The van der Waals surface area contributed by atoms with Crippen LogP contribution in [-0.2, 0) is 16.0 Å². The van der Waals surface area contributed by atoms with Crippen LogP contribution in [0.25, 0.3) is 11.0 Å². The van der Waals surface area contributed by atoms with Gasteiger partial charge in [0.05, 0.1) is 19.2 Å². The van der Waals surface area contributed by atoms with Gasteiger partial charge in [-0.3, -0.25) is 14.5 Å². The average molecular weight is 355 g/mol. The van der Waals surface area contributed by atoms with Gasteiger partial charge >= 0.3 is 0 Å². The summed E-state index contributed by atoms with van der Waals surface area (Å²) in [4.78, 5) is 28.6. The van der Waals surface area contributed by atoms with Gasteiger partial charge in [0, 0.05) is 43.2 Å². The van der Waals surface area contributed by atoms with E-state index in [1.54, 1.807) is 6.26 Å². The molecule has 0 atom stereocenters. The summed E-state index contributed by atoms with van der Waals surface area (Å²) < 4.78 is 5.59. The monoisotopic (exact) mass is 355 g/mol. The second kappa shape index (κ2) is 7.11. The maximum absolute atomic E-state index is 12.6. The summed E-state index contributed by atoms with van der Waals surface area (Å²) in [6.45, 7) is 5.29. The third-order valence-corrected chi connectivity index (χ3v) is 5.19. The van der Waals surface area contributed by atoms with Crippen molar-refractivity contribution < 1.29 is 14.0 Å². The molecule has 1 aromatic heterocycles. The summed E-state index contributed by atoms with van der Waals surface area (Å²) in [6, 6.07) is 6.46. The van der Waals surface area contributed by atoms with Crippen molar-refractivity contribution in [3.05, 3.63) is 35.6 Å². The van der Waals surface area contributed by atoms with Crippen LogP contribution in [0.3, 0.4) is 0 Å². The molecule has 2 fully saturated rings. The van der Waals surface area contributed by atoms with E-state index in [1.807, 2.05) is 30.0 Å². The molecule has 4 rings (SSSR count). The van der Waals surface area contributed by atoms with E-state index in [9.17, 15) is 9.59 Å². The van der Waals surface area contributed by atoms with Gasteiger partial charge in [0.15, 0.2) is 0 Å². The predicted octanol–water partition coefficient (Wildman–Crippen LogP) is 1.71. The summed E-state index contributed by atoms with van der Waals surface area (Å²) in [5.74, 6) is 0.225. The Hall–Kier alpha value is -2.34. The van der Waals surface area contributed by atoms with E-state index in [2.05, 4.69) is 10.2 Å². The van der Waals surface area contributed by atoms with Crippen LogP contribution < -0.4 is 5.32 Å². The van der Waals surface area contributed by atoms with Crippen molar-refractivity contribution in [2.45, 2.75) is 32.2 Å². The number of carbonyl (C=O) groups is 2. The highest BCUT2D eigenvalue weighted by Gasteiger charge is 2.26. The maximum atomic E-state index is 12.6. The molecule has 2 aromatic rings. The lowest BCUT2D eigenvalue weighted by molar-refractivity contribution is -0.132. The molecular formula is C20H25N3O3. The first-order valence-corrected chi connectivity index (χ1v) is 9.35. The zero-order valence-corrected chi connectivity index (χ0v) is 15.2. The van der Waals surface area contributed by atoms with Crippen LogP contribution in [0, 0.1) is 6.92 Å². The van der Waals surface area contributed by atoms with Crippen molar-refractivity contribution in [1.82, 2.24) is 15.1 Å². The van der Waals surface area contributed by atoms with Gasteiger partial charge in [0.25, 0.3) is 0 Å². The average Bonchev–Trinajstić information content (AvgIpc) is 3.35. The largest absolute Gasteiger partial charge is 0.464 e. The number of hydrogen-bond acceptors (Lipinski definition) is 4. The molecule has 1 saturated heterocycles. The van der Waals surface area contributed by atoms with E-state index in [4.69, 9.17) is 4.42 Å². The quantitative estimate of drug-likeness (QED) is 0.887. The first kappa shape index (κ1) is 17.1. The Morgan fingerprint density at radius 1 is 1.19 bits per heavy atom. The van der Waals surface area contributed by atoms with Gasteiger partial charge < -0.3 is 14.6 Å². The normalized spacial score (nSPS) is 18.3. The van der Waals surface area contributed by atoms with E-state index in [0.29, 0.717) is 32.1 Å². The number of nitrogens with one attached hydrogen (secondary N) is 1. The Morgan fingerprint density at radius 2 is 1.96 bits per heavy atom. The minimum absolute atomic E-state index is 0.104. The highest BCUT2D eigenvalue weighted by Crippen LogP contribution is 2.23. The summed E-state index contributed by atoms with van der Waals surface area (Å²) in [5.41, 5.74) is 2.92. The number of hydrogen-bond donors (Lipinski definition) is 1. The Kier molecular flexibility index (Phi) is 4.68. The van der Waals surface area contributed by atoms with E-state index in [-0.39, 0.29) is 11.8 Å². The number of fused-ring (bicyclic) bond motifs is 1. The maximum Gasteiger partial charge on any atom is 0.234 e. The van der Waals surface area contributed by atoms with Crippen LogP contribution in [0.2, 0.25) is 0 Å². The SMILES string of the molecule is Cc1ccc2c(CC(=O)N3CCN(CC(=O)NC4CC4)CC3)coc2c1. The molecule has 1 aromatic carbocycles. The van der Waals surface area contributed by atoms with Crippen molar-refractivity contribution >= 4 is 22.8 Å². The van der Waals surface area contributed by atoms with Crippen LogP contribution in [0.15, 0.2) is 28.9 Å². The zero-order valence-electron chi connectivity index (χ0n) is 15.2. The molecule has 2 amide bonds. The number of carbonyl (C=O) groups excluding carboxylic acids is 2. The van der Waals surface area contributed by atoms with Crippen molar-refractivity contribution in [1.29, 1.82) is 0 Å². The highest BCUT2D eigenvalue weighted by molar-refractivity contribution is 5.88. The number of nitrogens with zero attached hydrogens (tertiary/aromatic N) is 2. The van der Waals surface area contributed by atoms with Crippen LogP contribution in [0.1, 0.15) is 24.0 Å². The van der Waals surface area contributed by atoms with Gasteiger partial charge in [-0.25, -0.2) is 0 Å². The lowest BCUT2D eigenvalue weighted by Crippen LogP contribution is -2.51. The second-order valence-electron chi connectivity index (χ2n) is 7.44. The summed E-state index contributed by atoms with van der Waals surface area (Å²) in [6.07, 6.45) is 4.27. The molecule has 2 aliphatic rings. The fraction of sp³-hybridized carbons (Fsp3) is 0.500. The molecule has 138 valence electrons. The Morgan fingerprint density at radius 3 is 2.69 bits per heavy atom. The molecule has 0 unspecified atom stereocenters. The van der Waals surface area contributed by atoms with Crippen LogP contribution in [-0.4, -0.2) is 60.4 Å². The summed E-state index contributed by atoms with van der Waals surface area (Å²) in [7, 11) is 0. The van der Waals surface area contributed by atoms with Gasteiger partial charge in [-0.1, -0.05) is 12.1 Å². The fourth-order valence-corrected chi connectivity index (χ4v) is 3.46. The van der Waals surface area contributed by atoms with Gasteiger partial charge in [-0.15, -0.1) is 0 Å². The van der Waals surface area contributed by atoms with Crippen molar-refractivity contribution in [3.63, 3.8) is 0 Å². The van der Waals surface area contributed by atoms with Crippen molar-refractivity contribution in [2.24, 2.45) is 0 Å². The molecule has 6 heteroatoms. The molecule has 1 saturated carbocycles. The topological polar surface area (TPSA) is 65.8 Å². The van der Waals surface area contributed by atoms with Gasteiger partial charge in [0.2, 0.25) is 11.8 Å². The predicted molar refractivity (Wildman–Crippen MR) is 98.8 cm³/mol. The third-order valence-electron chi connectivity index (χ3n) is 5.19. The van der Waals surface area contributed by atoms with E-state index >= 15 is 0 Å². The van der Waals surface area contributed by atoms with E-state index < -0.39 is 0 Å². The van der Waals surface area contributed by atoms with Crippen molar-refractivity contribution in [3.8, 4) is 0 Å². The lowest BCUT2D eigenvalue weighted by Gasteiger charge is -2.34. The molecule has 6 nitrogen and oxygen atoms in total. The molecule has 0 bridgehead atoms. The standard InChI is InChI=1S/C20H25N3O3/c1-14-2-5-17-15(13-26-18(17)10-14)11-20(25)23-8-6-22(7-9-23)12-19(24)21-16-3-4-16/h2,5,10,13,16H,3-4,6-9,11-12H2,1H3,(H,21,24). The molecular weight excluding hydrogens is 330 g/mol. The molecule has 0 radical (unpaired) electrons. The molecule has 2 heterocycles. The fourth-order valence-electron chi connectivity index (χ4n) is 3.46. The second-order valence-corrected chi connectivity index (χ2v) is 7.44. The Bertz CT molecular complexity index is 817. The number of rotatable bonds is 5. The minimum Gasteiger partial charge on any atom is -0.464 e. The molecule has 0 spiro atoms. The summed E-state index contributed by atoms with van der Waals surface area (Å²) in [5, 5.41) is 4.03. The molecule has 1 N–H and O–H groups in total. The molecule has 1 aliphatic heterocycles. The number of piperazine rings is 1. The smallest absolute Gasteiger partial charge is 0.234 e. The zero-order chi connectivity index (χ0) is 18.1. The first-order valence-electron chi connectivity index (χ1n) is 9.35. The highest BCUT2D eigenvalue weighted by atomic mass is 16.3. The van der Waals surface area contributed by atoms with Crippen LogP contribution >= 0.6 is 0 Å².